The molecule has 0 aromatic heterocycles. The Bertz CT molecular complexity index is 1900. The highest BCUT2D eigenvalue weighted by Gasteiger charge is 2.55. The highest BCUT2D eigenvalue weighted by atomic mass is 16.5. The van der Waals surface area contributed by atoms with Gasteiger partial charge in [-0.25, -0.2) is 0 Å². The zero-order valence-electron chi connectivity index (χ0n) is 33.6. The molecule has 0 saturated carbocycles. The first-order chi connectivity index (χ1) is 23.9. The van der Waals surface area contributed by atoms with Gasteiger partial charge < -0.3 is 18.9 Å². The first kappa shape index (κ1) is 36.6. The van der Waals surface area contributed by atoms with E-state index >= 15 is 9.59 Å². The van der Waals surface area contributed by atoms with Crippen LogP contribution < -0.4 is 9.47 Å². The van der Waals surface area contributed by atoms with Crippen LogP contribution in [0.4, 0.5) is 0 Å². The van der Waals surface area contributed by atoms with Gasteiger partial charge in [-0.05, 0) is 91.5 Å². The van der Waals surface area contributed by atoms with E-state index in [9.17, 15) is 0 Å². The van der Waals surface area contributed by atoms with E-state index < -0.39 is 23.4 Å². The molecule has 0 radical (unpaired) electrons. The number of Topliss-reactive ketones (excluding diaryl/α,β-unsaturated/α-hetero) is 2. The van der Waals surface area contributed by atoms with Crippen molar-refractivity contribution in [3.05, 3.63) is 104 Å². The third-order valence-electron chi connectivity index (χ3n) is 11.6. The second kappa shape index (κ2) is 11.4. The number of hydrogen-bond acceptors (Lipinski definition) is 6. The highest BCUT2D eigenvalue weighted by molar-refractivity contribution is 6.09. The van der Waals surface area contributed by atoms with Crippen molar-refractivity contribution >= 4 is 11.6 Å². The fourth-order valence-corrected chi connectivity index (χ4v) is 8.38. The minimum absolute atomic E-state index is 0.133. The van der Waals surface area contributed by atoms with Gasteiger partial charge in [0.05, 0.1) is 0 Å². The number of ketones is 2. The molecule has 0 amide bonds. The van der Waals surface area contributed by atoms with E-state index in [1.165, 1.54) is 0 Å². The van der Waals surface area contributed by atoms with Crippen molar-refractivity contribution < 1.29 is 28.5 Å². The maximum absolute atomic E-state index is 15.3. The lowest BCUT2D eigenvalue weighted by atomic mass is 9.71. The summed E-state index contributed by atoms with van der Waals surface area (Å²) in [5, 5.41) is 0. The van der Waals surface area contributed by atoms with Crippen LogP contribution in [-0.4, -0.2) is 37.0 Å². The van der Waals surface area contributed by atoms with Crippen LogP contribution in [-0.2, 0) is 42.7 Å². The van der Waals surface area contributed by atoms with Crippen LogP contribution in [0.25, 0.3) is 0 Å². The van der Waals surface area contributed by atoms with Gasteiger partial charge in [0.15, 0.2) is 11.2 Å². The molecule has 3 heterocycles. The predicted molar refractivity (Wildman–Crippen MR) is 205 cm³/mol. The second-order valence-electron chi connectivity index (χ2n) is 19.7. The Balaban J connectivity index is 1.61. The number of fused-ring (bicyclic) bond motifs is 2. The van der Waals surface area contributed by atoms with E-state index in [1.54, 1.807) is 14.2 Å². The van der Waals surface area contributed by atoms with Crippen LogP contribution in [0.1, 0.15) is 129 Å². The number of allylic oxidation sites excluding steroid dienone is 4. The van der Waals surface area contributed by atoms with E-state index in [0.717, 1.165) is 44.5 Å². The van der Waals surface area contributed by atoms with Gasteiger partial charge in [-0.2, -0.15) is 0 Å². The number of carbonyl (C=O) groups is 2. The molecule has 0 unspecified atom stereocenters. The number of rotatable bonds is 2. The summed E-state index contributed by atoms with van der Waals surface area (Å²) in [6.45, 7) is 26.0. The Morgan fingerprint density at radius 3 is 1.19 bits per heavy atom. The third-order valence-corrected chi connectivity index (χ3v) is 11.6. The summed E-state index contributed by atoms with van der Waals surface area (Å²) >= 11 is 0. The second-order valence-corrected chi connectivity index (χ2v) is 19.7. The zero-order chi connectivity index (χ0) is 38.1. The number of hydrogen-bond donors (Lipinski definition) is 0. The standard InChI is InChI=1S/C46H56O6/c1-41(2,3)27-15-25-21-45-23-30(44(10,11)12)20-34(40(45)48)38(50-14)32-18-28(42(4,5)6)16-26-22-46(52-36(26)32)24-29(43(7,8)9)19-33(39(46)47)37(49-13)31(17-27)35(25)51-45/h15-20,23-24,37-38H,21-22H2,1-14H3/t37-,38+,45-,46+. The van der Waals surface area contributed by atoms with E-state index in [-0.39, 0.29) is 33.2 Å². The smallest absolute Gasteiger partial charge is 0.209 e. The monoisotopic (exact) mass is 704 g/mol. The van der Waals surface area contributed by atoms with Crippen LogP contribution in [0.2, 0.25) is 0 Å². The van der Waals surface area contributed by atoms with Gasteiger partial charge >= 0.3 is 0 Å². The van der Waals surface area contributed by atoms with Gasteiger partial charge in [0.25, 0.3) is 0 Å². The number of ether oxygens (including phenoxy) is 4. The molecule has 7 rings (SSSR count). The van der Waals surface area contributed by atoms with Crippen molar-refractivity contribution in [3.8, 4) is 11.5 Å². The average molecular weight is 705 g/mol. The maximum Gasteiger partial charge on any atom is 0.209 e. The number of methoxy groups -OCH3 is 2. The van der Waals surface area contributed by atoms with Crippen molar-refractivity contribution in [2.45, 2.75) is 130 Å². The molecule has 4 atom stereocenters. The largest absolute Gasteiger partial charge is 0.474 e. The Morgan fingerprint density at radius 1 is 0.558 bits per heavy atom. The third kappa shape index (κ3) is 5.58. The Morgan fingerprint density at radius 2 is 0.904 bits per heavy atom. The molecule has 5 aliphatic rings. The molecule has 0 saturated heterocycles. The lowest BCUT2D eigenvalue weighted by Gasteiger charge is -2.38. The highest BCUT2D eigenvalue weighted by Crippen LogP contribution is 2.55. The molecule has 276 valence electrons. The van der Waals surface area contributed by atoms with Crippen molar-refractivity contribution in [1.29, 1.82) is 0 Å². The molecule has 6 bridgehead atoms. The Kier molecular flexibility index (Phi) is 8.01. The van der Waals surface area contributed by atoms with Crippen molar-refractivity contribution in [3.63, 3.8) is 0 Å². The molecule has 0 fully saturated rings. The summed E-state index contributed by atoms with van der Waals surface area (Å²) in [5.74, 6) is 0.933. The summed E-state index contributed by atoms with van der Waals surface area (Å²) in [4.78, 5) is 30.6. The molecule has 0 N–H and O–H groups in total. The minimum Gasteiger partial charge on any atom is -0.474 e. The van der Waals surface area contributed by atoms with Crippen LogP contribution in [0, 0.1) is 10.8 Å². The summed E-state index contributed by atoms with van der Waals surface area (Å²) < 4.78 is 27.0. The average Bonchev–Trinajstić information content (AvgIpc) is 3.58. The van der Waals surface area contributed by atoms with E-state index in [2.05, 4.69) is 107 Å². The van der Waals surface area contributed by atoms with Crippen LogP contribution in [0.3, 0.4) is 0 Å². The summed E-state index contributed by atoms with van der Waals surface area (Å²) in [5.41, 5.74) is 4.85. The Labute approximate surface area is 310 Å². The lowest BCUT2D eigenvalue weighted by molar-refractivity contribution is -0.129. The maximum atomic E-state index is 15.3. The molecule has 6 nitrogen and oxygen atoms in total. The zero-order valence-corrected chi connectivity index (χ0v) is 33.6. The summed E-state index contributed by atoms with van der Waals surface area (Å²) in [6, 6.07) is 8.57. The first-order valence-corrected chi connectivity index (χ1v) is 18.7. The molecule has 52 heavy (non-hydrogen) atoms. The lowest BCUT2D eigenvalue weighted by Crippen LogP contribution is -2.47. The summed E-state index contributed by atoms with van der Waals surface area (Å²) in [6.07, 6.45) is 7.23. The molecule has 2 spiro atoms. The topological polar surface area (TPSA) is 71.1 Å². The van der Waals surface area contributed by atoms with E-state index in [0.29, 0.717) is 35.5 Å². The molecule has 6 heteroatoms. The predicted octanol–water partition coefficient (Wildman–Crippen LogP) is 9.68. The van der Waals surface area contributed by atoms with Gasteiger partial charge in [-0.15, -0.1) is 0 Å². The fourth-order valence-electron chi connectivity index (χ4n) is 8.38. The van der Waals surface area contributed by atoms with Crippen molar-refractivity contribution in [1.82, 2.24) is 0 Å². The van der Waals surface area contributed by atoms with Gasteiger partial charge in [-0.3, -0.25) is 9.59 Å². The van der Waals surface area contributed by atoms with Gasteiger partial charge in [0.2, 0.25) is 11.6 Å². The van der Waals surface area contributed by atoms with Crippen LogP contribution in [0.5, 0.6) is 11.5 Å². The van der Waals surface area contributed by atoms with Crippen molar-refractivity contribution in [2.24, 2.45) is 10.8 Å². The van der Waals surface area contributed by atoms with Crippen LogP contribution in [0.15, 0.2) is 70.9 Å². The molecule has 2 aliphatic carbocycles. The van der Waals surface area contributed by atoms with Crippen molar-refractivity contribution in [2.75, 3.05) is 14.2 Å². The molecular weight excluding hydrogens is 649 g/mol. The van der Waals surface area contributed by atoms with Gasteiger partial charge in [-0.1, -0.05) is 95.2 Å². The number of carbonyl (C=O) groups excluding carboxylic acids is 2. The quantitative estimate of drug-likeness (QED) is 0.310. The van der Waals surface area contributed by atoms with E-state index in [4.69, 9.17) is 18.9 Å². The van der Waals surface area contributed by atoms with Gasteiger partial charge in [0.1, 0.15) is 23.7 Å². The van der Waals surface area contributed by atoms with Crippen LogP contribution >= 0.6 is 0 Å². The van der Waals surface area contributed by atoms with E-state index in [1.807, 2.05) is 24.3 Å². The fraction of sp³-hybridized carbons (Fsp3) is 0.522. The van der Waals surface area contributed by atoms with Gasteiger partial charge in [0, 0.05) is 49.3 Å². The SMILES string of the molecule is CO[C@@H]1C2=CC(C(C)(C)C)=C[C@]3(Cc4cc(C(C)(C)C)cc(c4O3)[C@@H](OC)C3=CC(C(C)(C)C)=C[C@@]4(Cc5cc(C(C)(C)C)cc1c5O4)C3=O)C2=O. The molecule has 2 aromatic rings. The summed E-state index contributed by atoms with van der Waals surface area (Å²) in [7, 11) is 3.30. The molecular formula is C46H56O6. The Hall–Kier alpha value is -3.74. The molecule has 2 aromatic carbocycles. The normalized spacial score (nSPS) is 26.9. The molecule has 3 aliphatic heterocycles. The minimum atomic E-state index is -1.31. The first-order valence-electron chi connectivity index (χ1n) is 18.7. The number of benzene rings is 2.